The zero-order chi connectivity index (χ0) is 13.7. The van der Waals surface area contributed by atoms with Crippen molar-refractivity contribution in [1.29, 1.82) is 0 Å². The summed E-state index contributed by atoms with van der Waals surface area (Å²) < 4.78 is 0. The molecule has 0 aliphatic rings. The Morgan fingerprint density at radius 1 is 1.21 bits per heavy atom. The van der Waals surface area contributed by atoms with E-state index in [0.29, 0.717) is 6.04 Å². The fourth-order valence-electron chi connectivity index (χ4n) is 2.84. The number of nitrogens with one attached hydrogen (secondary N) is 1. The van der Waals surface area contributed by atoms with Crippen molar-refractivity contribution in [2.75, 3.05) is 7.05 Å². The number of nitrogens with zero attached hydrogens (tertiary/aromatic N) is 1. The van der Waals surface area contributed by atoms with Crippen LogP contribution < -0.4 is 5.32 Å². The Kier molecular flexibility index (Phi) is 4.92. The molecule has 2 heteroatoms. The van der Waals surface area contributed by atoms with E-state index in [-0.39, 0.29) is 0 Å². The van der Waals surface area contributed by atoms with Crippen LogP contribution in [0.25, 0.3) is 10.9 Å². The third-order valence-corrected chi connectivity index (χ3v) is 3.82. The smallest absolute Gasteiger partial charge is 0.0705 e. The maximum absolute atomic E-state index is 4.45. The molecule has 1 heterocycles. The van der Waals surface area contributed by atoms with Crippen molar-refractivity contribution in [2.24, 2.45) is 5.92 Å². The normalized spacial score (nSPS) is 14.5. The molecule has 0 spiro atoms. The highest BCUT2D eigenvalue weighted by Crippen LogP contribution is 2.28. The Bertz CT molecular complexity index is 516. The van der Waals surface area contributed by atoms with E-state index in [0.717, 1.165) is 11.4 Å². The molecule has 0 aliphatic carbocycles. The van der Waals surface area contributed by atoms with Crippen molar-refractivity contribution in [3.63, 3.8) is 0 Å². The summed E-state index contributed by atoms with van der Waals surface area (Å²) in [5.41, 5.74) is 2.46. The van der Waals surface area contributed by atoms with Gasteiger partial charge in [-0.2, -0.15) is 0 Å². The monoisotopic (exact) mass is 256 g/mol. The van der Waals surface area contributed by atoms with Crippen LogP contribution in [0.2, 0.25) is 0 Å². The topological polar surface area (TPSA) is 24.9 Å². The fraction of sp³-hybridized carbons (Fsp3) is 0.471. The Hall–Kier alpha value is -1.41. The zero-order valence-electron chi connectivity index (χ0n) is 12.2. The van der Waals surface area contributed by atoms with Gasteiger partial charge in [-0.25, -0.2) is 0 Å². The number of rotatable bonds is 6. The maximum atomic E-state index is 4.45. The molecule has 0 radical (unpaired) electrons. The summed E-state index contributed by atoms with van der Waals surface area (Å²) in [6.45, 7) is 4.60. The molecule has 0 fully saturated rings. The van der Waals surface area contributed by atoms with Gasteiger partial charge in [0.05, 0.1) is 5.52 Å². The number of aromatic nitrogens is 1. The third-order valence-electron chi connectivity index (χ3n) is 3.82. The van der Waals surface area contributed by atoms with Gasteiger partial charge >= 0.3 is 0 Å². The van der Waals surface area contributed by atoms with Crippen LogP contribution in [-0.2, 0) is 0 Å². The lowest BCUT2D eigenvalue weighted by molar-refractivity contribution is 0.408. The van der Waals surface area contributed by atoms with Gasteiger partial charge in [0.25, 0.3) is 0 Å². The molecule has 2 atom stereocenters. The van der Waals surface area contributed by atoms with Crippen molar-refractivity contribution in [1.82, 2.24) is 10.3 Å². The Labute approximate surface area is 116 Å². The van der Waals surface area contributed by atoms with Crippen LogP contribution in [0.1, 0.15) is 44.7 Å². The van der Waals surface area contributed by atoms with Crippen LogP contribution in [0.15, 0.2) is 36.5 Å². The van der Waals surface area contributed by atoms with Crippen LogP contribution in [0.3, 0.4) is 0 Å². The number of fused-ring (bicyclic) bond motifs is 1. The minimum absolute atomic E-state index is 0.412. The van der Waals surface area contributed by atoms with E-state index >= 15 is 0 Å². The third kappa shape index (κ3) is 3.32. The van der Waals surface area contributed by atoms with Crippen LogP contribution >= 0.6 is 0 Å². The molecule has 0 saturated heterocycles. The van der Waals surface area contributed by atoms with Crippen molar-refractivity contribution in [2.45, 2.75) is 39.2 Å². The first-order chi connectivity index (χ1) is 9.26. The first-order valence-electron chi connectivity index (χ1n) is 7.27. The molecule has 2 aromatic rings. The molecule has 2 nitrogen and oxygen atoms in total. The van der Waals surface area contributed by atoms with Gasteiger partial charge < -0.3 is 5.32 Å². The molecule has 1 aromatic carbocycles. The van der Waals surface area contributed by atoms with Crippen molar-refractivity contribution in [3.8, 4) is 0 Å². The summed E-state index contributed by atoms with van der Waals surface area (Å²) in [6.07, 6.45) is 5.59. The molecule has 0 bridgehead atoms. The highest BCUT2D eigenvalue weighted by Gasteiger charge is 2.15. The maximum Gasteiger partial charge on any atom is 0.0705 e. The van der Waals surface area contributed by atoms with E-state index in [4.69, 9.17) is 0 Å². The van der Waals surface area contributed by atoms with Crippen LogP contribution in [0.4, 0.5) is 0 Å². The summed E-state index contributed by atoms with van der Waals surface area (Å²) in [7, 11) is 2.05. The summed E-state index contributed by atoms with van der Waals surface area (Å²) in [5, 5.41) is 4.74. The predicted molar refractivity (Wildman–Crippen MR) is 82.2 cm³/mol. The highest BCUT2D eigenvalue weighted by molar-refractivity contribution is 5.82. The number of benzene rings is 1. The lowest BCUT2D eigenvalue weighted by atomic mass is 9.91. The first kappa shape index (κ1) is 14.0. The highest BCUT2D eigenvalue weighted by atomic mass is 14.9. The SMILES string of the molecule is CCCC(C)CC(NC)c1cccc2ncccc12. The average molecular weight is 256 g/mol. The number of hydrogen-bond donors (Lipinski definition) is 1. The lowest BCUT2D eigenvalue weighted by Gasteiger charge is -2.22. The summed E-state index contributed by atoms with van der Waals surface area (Å²) in [4.78, 5) is 4.45. The second kappa shape index (κ2) is 6.67. The van der Waals surface area contributed by atoms with Gasteiger partial charge in [-0.15, -0.1) is 0 Å². The second-order valence-electron chi connectivity index (χ2n) is 5.39. The van der Waals surface area contributed by atoms with E-state index in [1.165, 1.54) is 30.2 Å². The van der Waals surface area contributed by atoms with E-state index < -0.39 is 0 Å². The van der Waals surface area contributed by atoms with Gasteiger partial charge in [-0.1, -0.05) is 44.9 Å². The van der Waals surface area contributed by atoms with Crippen LogP contribution in [0.5, 0.6) is 0 Å². The number of hydrogen-bond acceptors (Lipinski definition) is 2. The Morgan fingerprint density at radius 2 is 2.05 bits per heavy atom. The van der Waals surface area contributed by atoms with Gasteiger partial charge in [0.1, 0.15) is 0 Å². The molecule has 19 heavy (non-hydrogen) atoms. The molecule has 0 saturated carbocycles. The standard InChI is InChI=1S/C17H24N2/c1-4-7-13(2)12-17(18-3)15-8-5-10-16-14(15)9-6-11-19-16/h5-6,8-11,13,17-18H,4,7,12H2,1-3H3. The minimum Gasteiger partial charge on any atom is -0.313 e. The van der Waals surface area contributed by atoms with E-state index in [1.807, 2.05) is 12.3 Å². The van der Waals surface area contributed by atoms with Crippen molar-refractivity contribution >= 4 is 10.9 Å². The summed E-state index contributed by atoms with van der Waals surface area (Å²) in [5.74, 6) is 0.745. The van der Waals surface area contributed by atoms with Gasteiger partial charge in [-0.05, 0) is 37.1 Å². The number of pyridine rings is 1. The molecular formula is C17H24N2. The van der Waals surface area contributed by atoms with Gasteiger partial charge in [0, 0.05) is 17.6 Å². The molecule has 1 aromatic heterocycles. The predicted octanol–water partition coefficient (Wildman–Crippen LogP) is 4.32. The summed E-state index contributed by atoms with van der Waals surface area (Å²) >= 11 is 0. The van der Waals surface area contributed by atoms with E-state index in [9.17, 15) is 0 Å². The van der Waals surface area contributed by atoms with Crippen LogP contribution in [0, 0.1) is 5.92 Å². The molecule has 1 N–H and O–H groups in total. The molecule has 2 rings (SSSR count). The average Bonchev–Trinajstić information content (AvgIpc) is 2.44. The van der Waals surface area contributed by atoms with E-state index in [1.54, 1.807) is 0 Å². The van der Waals surface area contributed by atoms with Gasteiger partial charge in [0.2, 0.25) is 0 Å². The van der Waals surface area contributed by atoms with Crippen molar-refractivity contribution in [3.05, 3.63) is 42.1 Å². The molecule has 0 aliphatic heterocycles. The Balaban J connectivity index is 2.30. The van der Waals surface area contributed by atoms with Gasteiger partial charge in [-0.3, -0.25) is 4.98 Å². The van der Waals surface area contributed by atoms with E-state index in [2.05, 4.69) is 55.5 Å². The molecular weight excluding hydrogens is 232 g/mol. The largest absolute Gasteiger partial charge is 0.313 e. The van der Waals surface area contributed by atoms with Gasteiger partial charge in [0.15, 0.2) is 0 Å². The van der Waals surface area contributed by atoms with Crippen LogP contribution in [-0.4, -0.2) is 12.0 Å². The van der Waals surface area contributed by atoms with Crippen molar-refractivity contribution < 1.29 is 0 Å². The Morgan fingerprint density at radius 3 is 2.79 bits per heavy atom. The second-order valence-corrected chi connectivity index (χ2v) is 5.39. The lowest BCUT2D eigenvalue weighted by Crippen LogP contribution is -2.19. The molecule has 2 unspecified atom stereocenters. The quantitative estimate of drug-likeness (QED) is 0.832. The summed E-state index contributed by atoms with van der Waals surface area (Å²) in [6, 6.07) is 11.0. The molecule has 0 amide bonds. The minimum atomic E-state index is 0.412. The first-order valence-corrected chi connectivity index (χ1v) is 7.27. The fourth-order valence-corrected chi connectivity index (χ4v) is 2.84. The zero-order valence-corrected chi connectivity index (χ0v) is 12.2. The molecule has 102 valence electrons.